The molecule has 0 saturated carbocycles. The summed E-state index contributed by atoms with van der Waals surface area (Å²) in [7, 11) is 1.69. The van der Waals surface area contributed by atoms with Crippen LogP contribution >= 0.6 is 0 Å². The van der Waals surface area contributed by atoms with Crippen molar-refractivity contribution in [1.29, 1.82) is 0 Å². The summed E-state index contributed by atoms with van der Waals surface area (Å²) in [5.41, 5.74) is 7.29. The molecule has 1 aliphatic rings. The van der Waals surface area contributed by atoms with E-state index >= 15 is 0 Å². The minimum atomic E-state index is -0.119. The van der Waals surface area contributed by atoms with Gasteiger partial charge in [-0.2, -0.15) is 0 Å². The fourth-order valence-electron chi connectivity index (χ4n) is 3.03. The van der Waals surface area contributed by atoms with Crippen LogP contribution in [-0.2, 0) is 5.54 Å². The second-order valence-electron chi connectivity index (χ2n) is 5.42. The standard InChI is InChI=1S/C16H25N3O/c1-5-12(3)19-15(17)18-11-16(19,6-2)13-7-9-14(20-4)10-8-13/h7-10,12H,5-6,11H2,1-4H3,(H2,17,18). The van der Waals surface area contributed by atoms with Crippen LogP contribution in [0, 0.1) is 0 Å². The molecule has 1 aromatic carbocycles. The summed E-state index contributed by atoms with van der Waals surface area (Å²) in [6, 6.07) is 8.66. The molecule has 0 fully saturated rings. The van der Waals surface area contributed by atoms with Crippen LogP contribution in [0.1, 0.15) is 39.2 Å². The molecule has 20 heavy (non-hydrogen) atoms. The minimum Gasteiger partial charge on any atom is -0.497 e. The van der Waals surface area contributed by atoms with Gasteiger partial charge in [-0.05, 0) is 37.5 Å². The van der Waals surface area contributed by atoms with Gasteiger partial charge < -0.3 is 15.4 Å². The maximum atomic E-state index is 6.15. The van der Waals surface area contributed by atoms with Crippen LogP contribution in [0.2, 0.25) is 0 Å². The molecule has 2 unspecified atom stereocenters. The summed E-state index contributed by atoms with van der Waals surface area (Å²) in [4.78, 5) is 6.81. The third-order valence-electron chi connectivity index (χ3n) is 4.45. The van der Waals surface area contributed by atoms with E-state index in [9.17, 15) is 0 Å². The van der Waals surface area contributed by atoms with E-state index in [-0.39, 0.29) is 5.54 Å². The Morgan fingerprint density at radius 2 is 2.00 bits per heavy atom. The summed E-state index contributed by atoms with van der Waals surface area (Å²) >= 11 is 0. The zero-order valence-corrected chi connectivity index (χ0v) is 12.9. The summed E-state index contributed by atoms with van der Waals surface area (Å²) in [6.07, 6.45) is 2.03. The zero-order chi connectivity index (χ0) is 14.8. The van der Waals surface area contributed by atoms with Crippen molar-refractivity contribution in [3.63, 3.8) is 0 Å². The summed E-state index contributed by atoms with van der Waals surface area (Å²) in [5.74, 6) is 1.54. The first-order valence-electron chi connectivity index (χ1n) is 7.32. The largest absolute Gasteiger partial charge is 0.497 e. The summed E-state index contributed by atoms with van der Waals surface area (Å²) in [6.45, 7) is 7.33. The van der Waals surface area contributed by atoms with E-state index in [1.165, 1.54) is 5.56 Å². The Bertz CT molecular complexity index is 483. The van der Waals surface area contributed by atoms with Gasteiger partial charge in [0.1, 0.15) is 5.75 Å². The lowest BCUT2D eigenvalue weighted by atomic mass is 9.85. The quantitative estimate of drug-likeness (QED) is 0.899. The van der Waals surface area contributed by atoms with E-state index in [2.05, 4.69) is 42.8 Å². The molecule has 0 aliphatic carbocycles. The molecule has 0 amide bonds. The van der Waals surface area contributed by atoms with Crippen LogP contribution in [-0.4, -0.2) is 30.6 Å². The summed E-state index contributed by atoms with van der Waals surface area (Å²) < 4.78 is 5.25. The van der Waals surface area contributed by atoms with Crippen molar-refractivity contribution in [2.24, 2.45) is 10.7 Å². The normalized spacial score (nSPS) is 23.6. The molecule has 0 radical (unpaired) electrons. The number of ether oxygens (including phenoxy) is 1. The molecule has 2 N–H and O–H groups in total. The van der Waals surface area contributed by atoms with Gasteiger partial charge >= 0.3 is 0 Å². The second kappa shape index (κ2) is 5.73. The Labute approximate surface area is 121 Å². The predicted molar refractivity (Wildman–Crippen MR) is 83.0 cm³/mol. The predicted octanol–water partition coefficient (Wildman–Crippen LogP) is 2.73. The van der Waals surface area contributed by atoms with Gasteiger partial charge in [-0.3, -0.25) is 4.99 Å². The van der Waals surface area contributed by atoms with Gasteiger partial charge in [0, 0.05) is 6.04 Å². The number of aliphatic imine (C=N–C) groups is 1. The van der Waals surface area contributed by atoms with Crippen LogP contribution in [0.15, 0.2) is 29.3 Å². The van der Waals surface area contributed by atoms with Gasteiger partial charge in [0.25, 0.3) is 0 Å². The molecular formula is C16H25N3O. The highest BCUT2D eigenvalue weighted by molar-refractivity contribution is 5.81. The zero-order valence-electron chi connectivity index (χ0n) is 12.9. The van der Waals surface area contributed by atoms with Crippen LogP contribution in [0.25, 0.3) is 0 Å². The van der Waals surface area contributed by atoms with Gasteiger partial charge in [-0.15, -0.1) is 0 Å². The third-order valence-corrected chi connectivity index (χ3v) is 4.45. The highest BCUT2D eigenvalue weighted by Crippen LogP contribution is 2.38. The number of benzene rings is 1. The molecule has 0 spiro atoms. The molecule has 1 aromatic rings. The third kappa shape index (κ3) is 2.23. The molecule has 0 bridgehead atoms. The van der Waals surface area contributed by atoms with E-state index < -0.39 is 0 Å². The number of nitrogens with two attached hydrogens (primary N) is 1. The molecule has 2 rings (SSSR count). The monoisotopic (exact) mass is 275 g/mol. The lowest BCUT2D eigenvalue weighted by molar-refractivity contribution is 0.146. The topological polar surface area (TPSA) is 50.8 Å². The van der Waals surface area contributed by atoms with E-state index in [1.807, 2.05) is 12.1 Å². The number of nitrogens with zero attached hydrogens (tertiary/aromatic N) is 2. The minimum absolute atomic E-state index is 0.119. The van der Waals surface area contributed by atoms with Gasteiger partial charge in [-0.1, -0.05) is 26.0 Å². The number of guanidine groups is 1. The van der Waals surface area contributed by atoms with Crippen LogP contribution in [0.5, 0.6) is 5.75 Å². The average molecular weight is 275 g/mol. The van der Waals surface area contributed by atoms with Crippen molar-refractivity contribution >= 4 is 5.96 Å². The Morgan fingerprint density at radius 1 is 1.35 bits per heavy atom. The maximum absolute atomic E-state index is 6.15. The summed E-state index contributed by atoms with van der Waals surface area (Å²) in [5, 5.41) is 0. The van der Waals surface area contributed by atoms with E-state index in [0.29, 0.717) is 12.0 Å². The molecule has 0 aromatic heterocycles. The van der Waals surface area contributed by atoms with E-state index in [4.69, 9.17) is 10.5 Å². The number of hydrogen-bond acceptors (Lipinski definition) is 4. The van der Waals surface area contributed by atoms with Crippen molar-refractivity contribution in [3.8, 4) is 5.75 Å². The van der Waals surface area contributed by atoms with Crippen molar-refractivity contribution in [2.45, 2.75) is 45.2 Å². The molecule has 2 atom stereocenters. The molecule has 1 heterocycles. The molecular weight excluding hydrogens is 250 g/mol. The Hall–Kier alpha value is -1.71. The van der Waals surface area contributed by atoms with Gasteiger partial charge in [0.05, 0.1) is 19.2 Å². The number of methoxy groups -OCH3 is 1. The Morgan fingerprint density at radius 3 is 2.50 bits per heavy atom. The molecule has 4 heteroatoms. The van der Waals surface area contributed by atoms with E-state index in [1.54, 1.807) is 7.11 Å². The fraction of sp³-hybridized carbons (Fsp3) is 0.562. The van der Waals surface area contributed by atoms with Gasteiger partial charge in [0.2, 0.25) is 0 Å². The molecule has 0 saturated heterocycles. The molecule has 4 nitrogen and oxygen atoms in total. The van der Waals surface area contributed by atoms with Crippen LogP contribution in [0.3, 0.4) is 0 Å². The van der Waals surface area contributed by atoms with Crippen molar-refractivity contribution in [2.75, 3.05) is 13.7 Å². The van der Waals surface area contributed by atoms with Crippen molar-refractivity contribution in [1.82, 2.24) is 4.90 Å². The number of hydrogen-bond donors (Lipinski definition) is 1. The van der Waals surface area contributed by atoms with Gasteiger partial charge in [-0.25, -0.2) is 0 Å². The first kappa shape index (κ1) is 14.7. The Kier molecular flexibility index (Phi) is 4.21. The maximum Gasteiger partial charge on any atom is 0.192 e. The van der Waals surface area contributed by atoms with Gasteiger partial charge in [0.15, 0.2) is 5.96 Å². The lowest BCUT2D eigenvalue weighted by Gasteiger charge is -2.42. The first-order valence-corrected chi connectivity index (χ1v) is 7.32. The first-order chi connectivity index (χ1) is 9.58. The van der Waals surface area contributed by atoms with Crippen LogP contribution in [0.4, 0.5) is 0 Å². The van der Waals surface area contributed by atoms with Crippen molar-refractivity contribution < 1.29 is 4.74 Å². The fourth-order valence-corrected chi connectivity index (χ4v) is 3.03. The smallest absolute Gasteiger partial charge is 0.192 e. The van der Waals surface area contributed by atoms with E-state index in [0.717, 1.165) is 25.1 Å². The lowest BCUT2D eigenvalue weighted by Crippen LogP contribution is -2.53. The van der Waals surface area contributed by atoms with Crippen molar-refractivity contribution in [3.05, 3.63) is 29.8 Å². The highest BCUT2D eigenvalue weighted by atomic mass is 16.5. The SMILES string of the molecule is CCC(C)N1C(N)=NCC1(CC)c1ccc(OC)cc1. The highest BCUT2D eigenvalue weighted by Gasteiger charge is 2.44. The Balaban J connectivity index is 2.41. The second-order valence-corrected chi connectivity index (χ2v) is 5.42. The number of rotatable bonds is 5. The average Bonchev–Trinajstić information content (AvgIpc) is 2.84. The molecule has 1 aliphatic heterocycles. The molecule has 110 valence electrons. The van der Waals surface area contributed by atoms with Crippen LogP contribution < -0.4 is 10.5 Å².